The van der Waals surface area contributed by atoms with E-state index in [2.05, 4.69) is 23.5 Å². The lowest BCUT2D eigenvalue weighted by Crippen LogP contribution is -2.45. The Bertz CT molecular complexity index is 973. The molecule has 2 bridgehead atoms. The van der Waals surface area contributed by atoms with E-state index in [4.69, 9.17) is 0 Å². The minimum absolute atomic E-state index is 0.217. The molecule has 5 rings (SSSR count). The van der Waals surface area contributed by atoms with Gasteiger partial charge in [-0.1, -0.05) is 36.4 Å². The first-order valence-corrected chi connectivity index (χ1v) is 12.1. The van der Waals surface area contributed by atoms with Crippen LogP contribution >= 0.6 is 11.8 Å². The van der Waals surface area contributed by atoms with E-state index in [0.29, 0.717) is 0 Å². The van der Waals surface area contributed by atoms with Crippen molar-refractivity contribution in [1.82, 2.24) is 4.31 Å². The van der Waals surface area contributed by atoms with Crippen LogP contribution in [-0.2, 0) is 10.0 Å². The monoisotopic (exact) mass is 400 g/mol. The Kier molecular flexibility index (Phi) is 4.26. The number of sulfonamides is 1. The number of nitrogens with one attached hydrogen (secondary N) is 1. The van der Waals surface area contributed by atoms with Gasteiger partial charge in [-0.25, -0.2) is 8.42 Å². The van der Waals surface area contributed by atoms with Gasteiger partial charge in [-0.15, -0.1) is 0 Å². The molecular weight excluding hydrogens is 376 g/mol. The van der Waals surface area contributed by atoms with Crippen LogP contribution in [0.25, 0.3) is 0 Å². The first kappa shape index (κ1) is 17.6. The summed E-state index contributed by atoms with van der Waals surface area (Å²) in [6.45, 7) is 1.84. The average molecular weight is 401 g/mol. The highest BCUT2D eigenvalue weighted by Crippen LogP contribution is 2.46. The molecule has 0 spiro atoms. The van der Waals surface area contributed by atoms with Crippen molar-refractivity contribution < 1.29 is 8.42 Å². The fourth-order valence-electron chi connectivity index (χ4n) is 4.75. The van der Waals surface area contributed by atoms with E-state index in [9.17, 15) is 8.42 Å². The van der Waals surface area contributed by atoms with E-state index in [1.54, 1.807) is 11.8 Å². The third kappa shape index (κ3) is 2.89. The number of benzene rings is 2. The molecule has 6 heteroatoms. The van der Waals surface area contributed by atoms with Gasteiger partial charge < -0.3 is 5.32 Å². The molecule has 0 saturated carbocycles. The number of hydrogen-bond acceptors (Lipinski definition) is 4. The Morgan fingerprint density at radius 1 is 1.00 bits per heavy atom. The predicted octanol–water partition coefficient (Wildman–Crippen LogP) is 5.30. The molecule has 142 valence electrons. The molecular formula is C21H24N2O2S2. The standard InChI is InChI=1S/C21H24N2O2S2/c1-14(27(24,25)23-16-5-4-6-17(23)11-10-16)15-9-12-21-19(13-15)22-18-7-2-3-8-20(18)26-21/h2-3,7-9,12-14,16-17,22H,4-6,10-11H2,1H3. The molecule has 0 aromatic heterocycles. The molecule has 3 aliphatic heterocycles. The highest BCUT2D eigenvalue weighted by molar-refractivity contribution is 7.99. The van der Waals surface area contributed by atoms with Crippen molar-refractivity contribution in [3.05, 3.63) is 48.0 Å². The SMILES string of the molecule is CC(c1ccc2c(c1)Nc1ccccc1S2)S(=O)(=O)N1C2CCCC1CC2. The van der Waals surface area contributed by atoms with Crippen LogP contribution in [0, 0.1) is 0 Å². The number of nitrogens with zero attached hydrogens (tertiary/aromatic N) is 1. The predicted molar refractivity (Wildman–Crippen MR) is 110 cm³/mol. The van der Waals surface area contributed by atoms with Gasteiger partial charge >= 0.3 is 0 Å². The molecule has 0 radical (unpaired) electrons. The Labute approximate surface area is 165 Å². The van der Waals surface area contributed by atoms with Gasteiger partial charge in [-0.05, 0) is 62.4 Å². The maximum Gasteiger partial charge on any atom is 0.221 e. The van der Waals surface area contributed by atoms with Crippen LogP contribution < -0.4 is 5.32 Å². The van der Waals surface area contributed by atoms with Crippen molar-refractivity contribution in [2.75, 3.05) is 5.32 Å². The number of rotatable bonds is 3. The van der Waals surface area contributed by atoms with Gasteiger partial charge in [0.1, 0.15) is 0 Å². The smallest absolute Gasteiger partial charge is 0.221 e. The highest BCUT2D eigenvalue weighted by atomic mass is 32.2. The maximum atomic E-state index is 13.4. The Morgan fingerprint density at radius 2 is 1.70 bits per heavy atom. The fraction of sp³-hybridized carbons (Fsp3) is 0.429. The van der Waals surface area contributed by atoms with E-state index in [-0.39, 0.29) is 12.1 Å². The topological polar surface area (TPSA) is 49.4 Å². The summed E-state index contributed by atoms with van der Waals surface area (Å²) in [5.74, 6) is 0. The van der Waals surface area contributed by atoms with E-state index in [0.717, 1.165) is 53.9 Å². The lowest BCUT2D eigenvalue weighted by Gasteiger charge is -2.35. The van der Waals surface area contributed by atoms with Crippen LogP contribution in [0.3, 0.4) is 0 Å². The summed E-state index contributed by atoms with van der Waals surface area (Å²) in [5, 5.41) is 2.95. The molecule has 2 aromatic rings. The summed E-state index contributed by atoms with van der Waals surface area (Å²) in [6.07, 6.45) is 5.24. The molecule has 27 heavy (non-hydrogen) atoms. The second kappa shape index (κ2) is 6.54. The lowest BCUT2D eigenvalue weighted by atomic mass is 10.1. The molecule has 4 nitrogen and oxygen atoms in total. The number of anilines is 2. The number of piperidine rings is 1. The van der Waals surface area contributed by atoms with Crippen molar-refractivity contribution >= 4 is 33.2 Å². The maximum absolute atomic E-state index is 13.4. The molecule has 0 aliphatic carbocycles. The lowest BCUT2D eigenvalue weighted by molar-refractivity contribution is 0.246. The van der Waals surface area contributed by atoms with E-state index in [1.807, 2.05) is 35.5 Å². The summed E-state index contributed by atoms with van der Waals surface area (Å²) in [7, 11) is -3.34. The van der Waals surface area contributed by atoms with Gasteiger partial charge in [-0.2, -0.15) is 4.31 Å². The summed E-state index contributed by atoms with van der Waals surface area (Å²) >= 11 is 1.73. The molecule has 1 N–H and O–H groups in total. The normalized spacial score (nSPS) is 25.4. The van der Waals surface area contributed by atoms with E-state index < -0.39 is 15.3 Å². The van der Waals surface area contributed by atoms with Crippen LogP contribution in [0.15, 0.2) is 52.3 Å². The van der Waals surface area contributed by atoms with Crippen molar-refractivity contribution in [2.45, 2.75) is 66.2 Å². The van der Waals surface area contributed by atoms with Gasteiger partial charge in [-0.3, -0.25) is 0 Å². The molecule has 3 aliphatic rings. The van der Waals surface area contributed by atoms with Gasteiger partial charge in [0, 0.05) is 21.9 Å². The quantitative estimate of drug-likeness (QED) is 0.648. The summed E-state index contributed by atoms with van der Waals surface area (Å²) in [4.78, 5) is 2.34. The molecule has 2 fully saturated rings. The first-order chi connectivity index (χ1) is 13.0. The first-order valence-electron chi connectivity index (χ1n) is 9.74. The van der Waals surface area contributed by atoms with Crippen LogP contribution in [0.5, 0.6) is 0 Å². The highest BCUT2D eigenvalue weighted by Gasteiger charge is 2.45. The minimum Gasteiger partial charge on any atom is -0.354 e. The van der Waals surface area contributed by atoms with Gasteiger partial charge in [0.05, 0.1) is 16.6 Å². The second-order valence-corrected chi connectivity index (χ2v) is 11.1. The number of fused-ring (bicyclic) bond motifs is 4. The Balaban J connectivity index is 1.45. The minimum atomic E-state index is -3.34. The molecule has 3 heterocycles. The fourth-order valence-corrected chi connectivity index (χ4v) is 7.83. The van der Waals surface area contributed by atoms with Crippen molar-refractivity contribution in [3.63, 3.8) is 0 Å². The van der Waals surface area contributed by atoms with E-state index in [1.165, 1.54) is 4.90 Å². The van der Waals surface area contributed by atoms with Crippen LogP contribution in [0.2, 0.25) is 0 Å². The van der Waals surface area contributed by atoms with Gasteiger partial charge in [0.2, 0.25) is 10.0 Å². The zero-order valence-corrected chi connectivity index (χ0v) is 17.0. The third-order valence-corrected chi connectivity index (χ3v) is 9.72. The largest absolute Gasteiger partial charge is 0.354 e. The summed E-state index contributed by atoms with van der Waals surface area (Å²) in [6, 6.07) is 14.7. The zero-order chi connectivity index (χ0) is 18.6. The molecule has 2 saturated heterocycles. The van der Waals surface area contributed by atoms with Crippen LogP contribution in [0.1, 0.15) is 49.8 Å². The summed E-state index contributed by atoms with van der Waals surface area (Å²) in [5.41, 5.74) is 2.95. The Hall–Kier alpha value is -1.50. The van der Waals surface area contributed by atoms with Crippen molar-refractivity contribution in [1.29, 1.82) is 0 Å². The second-order valence-electron chi connectivity index (χ2n) is 7.81. The molecule has 0 amide bonds. The Morgan fingerprint density at radius 3 is 2.48 bits per heavy atom. The van der Waals surface area contributed by atoms with Crippen molar-refractivity contribution in [2.24, 2.45) is 0 Å². The molecule has 3 unspecified atom stereocenters. The average Bonchev–Trinajstić information content (AvgIpc) is 2.95. The summed E-state index contributed by atoms with van der Waals surface area (Å²) < 4.78 is 28.7. The third-order valence-electron chi connectivity index (χ3n) is 6.22. The van der Waals surface area contributed by atoms with Gasteiger partial charge in [0.25, 0.3) is 0 Å². The number of para-hydroxylation sites is 1. The van der Waals surface area contributed by atoms with E-state index >= 15 is 0 Å². The zero-order valence-electron chi connectivity index (χ0n) is 15.4. The van der Waals surface area contributed by atoms with Crippen LogP contribution in [0.4, 0.5) is 11.4 Å². The number of hydrogen-bond donors (Lipinski definition) is 1. The molecule has 3 atom stereocenters. The molecule has 2 aromatic carbocycles. The van der Waals surface area contributed by atoms with Crippen LogP contribution in [-0.4, -0.2) is 24.8 Å². The van der Waals surface area contributed by atoms with Crippen molar-refractivity contribution in [3.8, 4) is 0 Å². The van der Waals surface area contributed by atoms with Gasteiger partial charge in [0.15, 0.2) is 0 Å².